The van der Waals surface area contributed by atoms with Gasteiger partial charge in [-0.25, -0.2) is 4.79 Å². The number of ketones is 1. The molecule has 0 saturated heterocycles. The van der Waals surface area contributed by atoms with Crippen LogP contribution in [-0.4, -0.2) is 31.6 Å². The number of ether oxygens (including phenoxy) is 1. The number of carbonyl (C=O) groups is 2. The maximum absolute atomic E-state index is 11.3. The molecule has 0 heterocycles. The number of nitrogens with two attached hydrogens (primary N) is 1. The van der Waals surface area contributed by atoms with Crippen LogP contribution in [-0.2, 0) is 14.3 Å². The molecule has 0 aromatic carbocycles. The molecule has 0 aromatic rings. The Hall–Kier alpha value is -1.65. The molecule has 0 bridgehead atoms. The summed E-state index contributed by atoms with van der Waals surface area (Å²) < 4.78 is 4.50. The van der Waals surface area contributed by atoms with Gasteiger partial charge in [0.25, 0.3) is 0 Å². The molecule has 0 unspecified atom stereocenters. The monoisotopic (exact) mass is 212 g/mol. The van der Waals surface area contributed by atoms with Crippen molar-refractivity contribution in [3.63, 3.8) is 0 Å². The van der Waals surface area contributed by atoms with E-state index in [-0.39, 0.29) is 23.5 Å². The number of rotatable bonds is 5. The summed E-state index contributed by atoms with van der Waals surface area (Å²) in [7, 11) is 1.23. The highest BCUT2D eigenvalue weighted by molar-refractivity contribution is 6.16. The van der Waals surface area contributed by atoms with E-state index in [1.807, 2.05) is 6.92 Å². The molecule has 0 aromatic heterocycles. The molecule has 0 fully saturated rings. The minimum Gasteiger partial charge on any atom is -0.465 e. The molecule has 0 radical (unpaired) electrons. The minimum absolute atomic E-state index is 0.0196. The molecule has 5 heteroatoms. The van der Waals surface area contributed by atoms with Crippen molar-refractivity contribution >= 4 is 18.0 Å². The van der Waals surface area contributed by atoms with Gasteiger partial charge in [0.1, 0.15) is 5.57 Å². The zero-order chi connectivity index (χ0) is 11.8. The molecular formula is C10H16N2O3. The van der Waals surface area contributed by atoms with Gasteiger partial charge >= 0.3 is 5.97 Å². The number of hydrogen-bond donors (Lipinski definition) is 1. The maximum atomic E-state index is 11.3. The van der Waals surface area contributed by atoms with E-state index in [1.54, 1.807) is 6.92 Å². The van der Waals surface area contributed by atoms with E-state index in [4.69, 9.17) is 5.73 Å². The predicted molar refractivity (Wildman–Crippen MR) is 57.6 cm³/mol. The Balaban J connectivity index is 5.15. The van der Waals surface area contributed by atoms with Crippen LogP contribution in [0, 0.1) is 0 Å². The van der Waals surface area contributed by atoms with Crippen molar-refractivity contribution in [2.24, 2.45) is 10.7 Å². The summed E-state index contributed by atoms with van der Waals surface area (Å²) >= 11 is 0. The Labute approximate surface area is 89.0 Å². The van der Waals surface area contributed by atoms with Crippen molar-refractivity contribution < 1.29 is 14.3 Å². The summed E-state index contributed by atoms with van der Waals surface area (Å²) in [6.07, 6.45) is 1.51. The zero-order valence-corrected chi connectivity index (χ0v) is 9.24. The molecule has 0 aliphatic rings. The summed E-state index contributed by atoms with van der Waals surface area (Å²) in [4.78, 5) is 26.4. The third-order valence-corrected chi connectivity index (χ3v) is 1.72. The van der Waals surface area contributed by atoms with Crippen LogP contribution in [0.25, 0.3) is 0 Å². The Bertz CT molecular complexity index is 306. The Morgan fingerprint density at radius 3 is 2.40 bits per heavy atom. The maximum Gasteiger partial charge on any atom is 0.341 e. The lowest BCUT2D eigenvalue weighted by Crippen LogP contribution is -2.19. The second kappa shape index (κ2) is 6.75. The number of aliphatic imine (C=N–C) groups is 1. The number of methoxy groups -OCH3 is 1. The average molecular weight is 212 g/mol. The third-order valence-electron chi connectivity index (χ3n) is 1.72. The molecule has 2 N–H and O–H groups in total. The molecule has 5 nitrogen and oxygen atoms in total. The first-order valence-electron chi connectivity index (χ1n) is 4.69. The summed E-state index contributed by atoms with van der Waals surface area (Å²) in [6.45, 7) is 3.98. The predicted octanol–water partition coefficient (Wildman–Crippen LogP) is 0.442. The van der Waals surface area contributed by atoms with E-state index >= 15 is 0 Å². The zero-order valence-electron chi connectivity index (χ0n) is 9.24. The highest BCUT2D eigenvalue weighted by Crippen LogP contribution is 2.02. The fourth-order valence-corrected chi connectivity index (χ4v) is 0.865. The van der Waals surface area contributed by atoms with Crippen LogP contribution in [0.4, 0.5) is 0 Å². The molecule has 0 atom stereocenters. The van der Waals surface area contributed by atoms with Crippen LogP contribution in [0.5, 0.6) is 0 Å². The van der Waals surface area contributed by atoms with E-state index in [0.717, 1.165) is 0 Å². The molecule has 0 spiro atoms. The number of nitrogens with zero attached hydrogens (tertiary/aromatic N) is 1. The van der Waals surface area contributed by atoms with Crippen molar-refractivity contribution in [1.29, 1.82) is 0 Å². The quantitative estimate of drug-likeness (QED) is 0.407. The van der Waals surface area contributed by atoms with Gasteiger partial charge in [-0.2, -0.15) is 0 Å². The van der Waals surface area contributed by atoms with Crippen LogP contribution in [0.3, 0.4) is 0 Å². The lowest BCUT2D eigenvalue weighted by Gasteiger charge is -2.03. The average Bonchev–Trinajstić information content (AvgIpc) is 2.27. The topological polar surface area (TPSA) is 81.8 Å². The first-order chi connectivity index (χ1) is 7.08. The Kier molecular flexibility index (Phi) is 6.01. The molecular weight excluding hydrogens is 196 g/mol. The molecule has 84 valence electrons. The smallest absolute Gasteiger partial charge is 0.341 e. The SMILES string of the molecule is CCN=CC(C(=O)OC)=C(N)C(=O)CC. The molecule has 0 amide bonds. The van der Waals surface area contributed by atoms with Gasteiger partial charge in [-0.15, -0.1) is 0 Å². The van der Waals surface area contributed by atoms with Gasteiger partial charge in [0.05, 0.1) is 12.8 Å². The number of allylic oxidation sites excluding steroid dienone is 1. The number of carbonyl (C=O) groups excluding carboxylic acids is 2. The minimum atomic E-state index is -0.647. The summed E-state index contributed by atoms with van der Waals surface area (Å²) in [5.41, 5.74) is 5.45. The van der Waals surface area contributed by atoms with Crippen LogP contribution in [0.2, 0.25) is 0 Å². The lowest BCUT2D eigenvalue weighted by molar-refractivity contribution is -0.135. The van der Waals surface area contributed by atoms with Crippen molar-refractivity contribution in [2.45, 2.75) is 20.3 Å². The van der Waals surface area contributed by atoms with Gasteiger partial charge in [0.15, 0.2) is 5.78 Å². The van der Waals surface area contributed by atoms with Gasteiger partial charge in [-0.05, 0) is 6.92 Å². The summed E-state index contributed by atoms with van der Waals surface area (Å²) in [5.74, 6) is -0.940. The largest absolute Gasteiger partial charge is 0.465 e. The van der Waals surface area contributed by atoms with E-state index in [0.29, 0.717) is 6.54 Å². The number of esters is 1. The normalized spacial score (nSPS) is 12.5. The Morgan fingerprint density at radius 1 is 1.40 bits per heavy atom. The molecule has 0 saturated carbocycles. The van der Waals surface area contributed by atoms with Gasteiger partial charge < -0.3 is 10.5 Å². The molecule has 15 heavy (non-hydrogen) atoms. The highest BCUT2D eigenvalue weighted by atomic mass is 16.5. The van der Waals surface area contributed by atoms with Gasteiger partial charge in [0, 0.05) is 19.2 Å². The highest BCUT2D eigenvalue weighted by Gasteiger charge is 2.16. The fraction of sp³-hybridized carbons (Fsp3) is 0.500. The second-order valence-corrected chi connectivity index (χ2v) is 2.72. The molecule has 0 aliphatic carbocycles. The van der Waals surface area contributed by atoms with Crippen LogP contribution in [0.1, 0.15) is 20.3 Å². The van der Waals surface area contributed by atoms with E-state index in [1.165, 1.54) is 13.3 Å². The van der Waals surface area contributed by atoms with E-state index in [2.05, 4.69) is 9.73 Å². The van der Waals surface area contributed by atoms with Gasteiger partial charge in [-0.1, -0.05) is 6.92 Å². The molecule has 0 aliphatic heterocycles. The van der Waals surface area contributed by atoms with Crippen LogP contribution < -0.4 is 5.73 Å². The molecule has 0 rings (SSSR count). The number of hydrogen-bond acceptors (Lipinski definition) is 5. The van der Waals surface area contributed by atoms with Gasteiger partial charge in [-0.3, -0.25) is 9.79 Å². The van der Waals surface area contributed by atoms with E-state index in [9.17, 15) is 9.59 Å². The van der Waals surface area contributed by atoms with Crippen LogP contribution >= 0.6 is 0 Å². The van der Waals surface area contributed by atoms with E-state index < -0.39 is 5.97 Å². The van der Waals surface area contributed by atoms with Gasteiger partial charge in [0.2, 0.25) is 0 Å². The standard InChI is InChI=1S/C10H16N2O3/c1-4-8(13)9(11)7(6-12-5-2)10(14)15-3/h6H,4-5,11H2,1-3H3. The van der Waals surface area contributed by atoms with Crippen molar-refractivity contribution in [3.05, 3.63) is 11.3 Å². The van der Waals surface area contributed by atoms with Crippen molar-refractivity contribution in [1.82, 2.24) is 0 Å². The first-order valence-corrected chi connectivity index (χ1v) is 4.69. The van der Waals surface area contributed by atoms with Crippen LogP contribution in [0.15, 0.2) is 16.3 Å². The van der Waals surface area contributed by atoms with Crippen molar-refractivity contribution in [3.8, 4) is 0 Å². The first kappa shape index (κ1) is 13.4. The summed E-state index contributed by atoms with van der Waals surface area (Å²) in [5, 5.41) is 0. The second-order valence-electron chi connectivity index (χ2n) is 2.72. The number of Topliss-reactive ketones (excluding diaryl/α,β-unsaturated/α-hetero) is 1. The Morgan fingerprint density at radius 2 is 2.00 bits per heavy atom. The lowest BCUT2D eigenvalue weighted by atomic mass is 10.1. The van der Waals surface area contributed by atoms with Crippen molar-refractivity contribution in [2.75, 3.05) is 13.7 Å². The third kappa shape index (κ3) is 3.93. The fourth-order valence-electron chi connectivity index (χ4n) is 0.865. The summed E-state index contributed by atoms with van der Waals surface area (Å²) in [6, 6.07) is 0.